The molecule has 4 heteroatoms. The third kappa shape index (κ3) is 3.09. The molecule has 32 heavy (non-hydrogen) atoms. The van der Waals surface area contributed by atoms with Gasteiger partial charge in [0.15, 0.2) is 5.52 Å². The molecule has 1 aliphatic carbocycles. The van der Waals surface area contributed by atoms with Crippen molar-refractivity contribution in [2.24, 2.45) is 13.0 Å². The highest BCUT2D eigenvalue weighted by molar-refractivity contribution is 6.11. The van der Waals surface area contributed by atoms with Gasteiger partial charge < -0.3 is 4.42 Å². The number of fused-ring (bicyclic) bond motifs is 4. The minimum absolute atomic E-state index is 0.287. The van der Waals surface area contributed by atoms with E-state index in [1.807, 2.05) is 13.4 Å². The lowest BCUT2D eigenvalue weighted by Gasteiger charge is -2.11. The molecule has 2 heterocycles. The Morgan fingerprint density at radius 1 is 1.00 bits per heavy atom. The monoisotopic (exact) mass is 425 g/mol. The van der Waals surface area contributed by atoms with Crippen LogP contribution in [0.2, 0.25) is 0 Å². The van der Waals surface area contributed by atoms with Crippen LogP contribution in [0.4, 0.5) is 4.39 Å². The quantitative estimate of drug-likeness (QED) is 0.297. The fourth-order valence-electron chi connectivity index (χ4n) is 5.47. The number of halogens is 1. The highest BCUT2D eigenvalue weighted by atomic mass is 19.1. The molecule has 0 atom stereocenters. The lowest BCUT2D eigenvalue weighted by molar-refractivity contribution is -0.662. The van der Waals surface area contributed by atoms with Crippen molar-refractivity contribution in [1.29, 1.82) is 0 Å². The van der Waals surface area contributed by atoms with Gasteiger partial charge in [-0.15, -0.1) is 0 Å². The maximum atomic E-state index is 13.9. The predicted octanol–water partition coefficient (Wildman–Crippen LogP) is 6.81. The van der Waals surface area contributed by atoms with Gasteiger partial charge in [-0.05, 0) is 59.6 Å². The van der Waals surface area contributed by atoms with Crippen molar-refractivity contribution in [3.8, 4) is 11.3 Å². The molecule has 1 aliphatic rings. The molecule has 0 amide bonds. The fourth-order valence-corrected chi connectivity index (χ4v) is 5.47. The van der Waals surface area contributed by atoms with E-state index in [1.54, 1.807) is 6.07 Å². The molecule has 0 unspecified atom stereocenters. The van der Waals surface area contributed by atoms with Gasteiger partial charge in [0.2, 0.25) is 0 Å². The molecule has 0 N–H and O–H groups in total. The molecule has 0 spiro atoms. The number of aryl methyl sites for hydroxylation is 2. The van der Waals surface area contributed by atoms with Crippen molar-refractivity contribution < 1.29 is 13.4 Å². The van der Waals surface area contributed by atoms with E-state index < -0.39 is 0 Å². The van der Waals surface area contributed by atoms with Crippen LogP contribution in [0.3, 0.4) is 0 Å². The number of aromatic nitrogens is 2. The zero-order valence-electron chi connectivity index (χ0n) is 18.5. The average Bonchev–Trinajstić information content (AvgIpc) is 3.41. The Morgan fingerprint density at radius 3 is 2.62 bits per heavy atom. The lowest BCUT2D eigenvalue weighted by Crippen LogP contribution is -2.32. The summed E-state index contributed by atoms with van der Waals surface area (Å²) in [7, 11) is 2.02. The molecule has 3 nitrogen and oxygen atoms in total. The summed E-state index contributed by atoms with van der Waals surface area (Å²) in [5.74, 6) is 0.517. The van der Waals surface area contributed by atoms with E-state index in [2.05, 4.69) is 41.8 Å². The van der Waals surface area contributed by atoms with Gasteiger partial charge in [0.05, 0.1) is 18.0 Å². The average molecular weight is 426 g/mol. The van der Waals surface area contributed by atoms with E-state index in [0.717, 1.165) is 56.4 Å². The first-order valence-electron chi connectivity index (χ1n) is 11.5. The van der Waals surface area contributed by atoms with Crippen LogP contribution < -0.4 is 4.57 Å². The highest BCUT2D eigenvalue weighted by Crippen LogP contribution is 2.39. The van der Waals surface area contributed by atoms with Gasteiger partial charge in [-0.2, -0.15) is 0 Å². The molecule has 3 aromatic carbocycles. The Kier molecular flexibility index (Phi) is 4.49. The standard InChI is InChI=1S/C28H26FN2O/c1-17-7-10-22-21-12-9-20(29)15-25(21)32-28(22)26(17)27-23-11-8-19(13-18-5-3-4-6-18)14-24(23)30-16-31(27)2/h7-12,14-16,18H,3-6,13H2,1-2H3/q+1. The topological polar surface area (TPSA) is 29.9 Å². The molecule has 6 rings (SSSR count). The van der Waals surface area contributed by atoms with E-state index in [1.165, 1.54) is 43.4 Å². The summed E-state index contributed by atoms with van der Waals surface area (Å²) in [5, 5.41) is 3.04. The second-order valence-electron chi connectivity index (χ2n) is 9.29. The Bertz CT molecular complexity index is 1490. The minimum Gasteiger partial charge on any atom is -0.455 e. The second kappa shape index (κ2) is 7.40. The molecular formula is C28H26FN2O+. The van der Waals surface area contributed by atoms with Crippen LogP contribution in [0.1, 0.15) is 36.8 Å². The molecule has 2 aromatic heterocycles. The zero-order chi connectivity index (χ0) is 21.8. The largest absolute Gasteiger partial charge is 0.455 e. The Hall–Kier alpha value is -3.27. The molecule has 160 valence electrons. The number of nitrogens with zero attached hydrogens (tertiary/aromatic N) is 2. The lowest BCUT2D eigenvalue weighted by atomic mass is 9.95. The maximum absolute atomic E-state index is 13.9. The molecule has 1 fully saturated rings. The number of hydrogen-bond acceptors (Lipinski definition) is 2. The van der Waals surface area contributed by atoms with Gasteiger partial charge in [-0.1, -0.05) is 43.9 Å². The number of furan rings is 1. The first kappa shape index (κ1) is 19.4. The number of hydrogen-bond donors (Lipinski definition) is 0. The van der Waals surface area contributed by atoms with Crippen molar-refractivity contribution in [1.82, 2.24) is 4.98 Å². The Balaban J connectivity index is 1.57. The van der Waals surface area contributed by atoms with Crippen LogP contribution in [-0.2, 0) is 13.5 Å². The van der Waals surface area contributed by atoms with Crippen molar-refractivity contribution >= 4 is 32.8 Å². The first-order chi connectivity index (χ1) is 15.6. The summed E-state index contributed by atoms with van der Waals surface area (Å²) in [6.07, 6.45) is 8.43. The molecule has 0 bridgehead atoms. The van der Waals surface area contributed by atoms with Gasteiger partial charge in [0, 0.05) is 16.8 Å². The Morgan fingerprint density at radius 2 is 1.78 bits per heavy atom. The van der Waals surface area contributed by atoms with Crippen LogP contribution >= 0.6 is 0 Å². The molecular weight excluding hydrogens is 399 g/mol. The SMILES string of the molecule is Cc1ccc2c(oc3cc(F)ccc32)c1-c1c2ccc(CC3CCCC3)cc2nc[n+]1C. The van der Waals surface area contributed by atoms with Crippen LogP contribution in [0, 0.1) is 18.7 Å². The molecule has 0 radical (unpaired) electrons. The van der Waals surface area contributed by atoms with Crippen LogP contribution in [0.25, 0.3) is 44.1 Å². The normalized spacial score (nSPS) is 14.8. The first-order valence-corrected chi connectivity index (χ1v) is 11.5. The number of rotatable bonds is 3. The van der Waals surface area contributed by atoms with Gasteiger partial charge in [0.1, 0.15) is 22.7 Å². The number of benzene rings is 3. The van der Waals surface area contributed by atoms with E-state index >= 15 is 0 Å². The molecule has 0 aliphatic heterocycles. The fraction of sp³-hybridized carbons (Fsp3) is 0.286. The third-order valence-corrected chi connectivity index (χ3v) is 7.09. The van der Waals surface area contributed by atoms with Crippen LogP contribution in [0.15, 0.2) is 59.3 Å². The minimum atomic E-state index is -0.287. The summed E-state index contributed by atoms with van der Waals surface area (Å²) in [6, 6.07) is 15.7. The van der Waals surface area contributed by atoms with Crippen molar-refractivity contribution in [2.75, 3.05) is 0 Å². The van der Waals surface area contributed by atoms with E-state index in [9.17, 15) is 4.39 Å². The van der Waals surface area contributed by atoms with Gasteiger partial charge in [-0.25, -0.2) is 8.96 Å². The molecule has 5 aromatic rings. The van der Waals surface area contributed by atoms with Gasteiger partial charge in [0.25, 0.3) is 6.33 Å². The van der Waals surface area contributed by atoms with Crippen molar-refractivity contribution in [2.45, 2.75) is 39.0 Å². The zero-order valence-corrected chi connectivity index (χ0v) is 18.5. The van der Waals surface area contributed by atoms with E-state index in [0.29, 0.717) is 5.58 Å². The molecule has 0 saturated heterocycles. The predicted molar refractivity (Wildman–Crippen MR) is 126 cm³/mol. The van der Waals surface area contributed by atoms with E-state index in [4.69, 9.17) is 9.40 Å². The summed E-state index contributed by atoms with van der Waals surface area (Å²) >= 11 is 0. The summed E-state index contributed by atoms with van der Waals surface area (Å²) in [5.41, 5.74) is 6.98. The van der Waals surface area contributed by atoms with Crippen LogP contribution in [0.5, 0.6) is 0 Å². The van der Waals surface area contributed by atoms with Crippen LogP contribution in [-0.4, -0.2) is 4.98 Å². The van der Waals surface area contributed by atoms with E-state index in [-0.39, 0.29) is 5.82 Å². The van der Waals surface area contributed by atoms with Crippen molar-refractivity contribution in [3.63, 3.8) is 0 Å². The summed E-state index contributed by atoms with van der Waals surface area (Å²) < 4.78 is 22.2. The van der Waals surface area contributed by atoms with Gasteiger partial charge in [-0.3, -0.25) is 0 Å². The molecule has 1 saturated carbocycles. The van der Waals surface area contributed by atoms with Gasteiger partial charge >= 0.3 is 0 Å². The third-order valence-electron chi connectivity index (χ3n) is 7.09. The van der Waals surface area contributed by atoms with Crippen molar-refractivity contribution in [3.05, 3.63) is 71.8 Å². The second-order valence-corrected chi connectivity index (χ2v) is 9.29. The maximum Gasteiger partial charge on any atom is 0.287 e. The summed E-state index contributed by atoms with van der Waals surface area (Å²) in [4.78, 5) is 4.75. The smallest absolute Gasteiger partial charge is 0.287 e. The summed E-state index contributed by atoms with van der Waals surface area (Å²) in [6.45, 7) is 2.10. The highest BCUT2D eigenvalue weighted by Gasteiger charge is 2.23. The Labute approximate surface area is 186 Å².